The van der Waals surface area contributed by atoms with Crippen molar-refractivity contribution in [3.05, 3.63) is 101 Å². The van der Waals surface area contributed by atoms with Crippen molar-refractivity contribution in [1.82, 2.24) is 34.9 Å². The van der Waals surface area contributed by atoms with Gasteiger partial charge < -0.3 is 35.0 Å². The van der Waals surface area contributed by atoms with Crippen LogP contribution in [-0.4, -0.2) is 90.6 Å². The molecule has 49 heavy (non-hydrogen) atoms. The van der Waals surface area contributed by atoms with Gasteiger partial charge in [0.2, 0.25) is 5.82 Å². The Balaban J connectivity index is 1.20. The highest BCUT2D eigenvalue weighted by Crippen LogP contribution is 2.40. The number of nitrogens with zero attached hydrogens (tertiary/aromatic N) is 6. The molecule has 256 valence electrons. The zero-order chi connectivity index (χ0) is 33.7. The van der Waals surface area contributed by atoms with Crippen LogP contribution in [0.15, 0.2) is 77.6 Å². The van der Waals surface area contributed by atoms with Crippen LogP contribution in [0, 0.1) is 0 Å². The number of likely N-dealkylation sites (tertiary alicyclic amines) is 1. The van der Waals surface area contributed by atoms with Crippen LogP contribution in [0.3, 0.4) is 0 Å². The molecule has 0 aliphatic carbocycles. The van der Waals surface area contributed by atoms with Crippen molar-refractivity contribution in [3.8, 4) is 0 Å². The van der Waals surface area contributed by atoms with Crippen LogP contribution in [0.2, 0.25) is 0 Å². The van der Waals surface area contributed by atoms with E-state index in [1.54, 1.807) is 6.07 Å². The molecule has 4 unspecified atom stereocenters. The lowest BCUT2D eigenvalue weighted by atomic mass is 9.91. The number of rotatable bonds is 12. The highest BCUT2D eigenvalue weighted by Gasteiger charge is 2.47. The molecular formula is C36H42N8O5. The van der Waals surface area contributed by atoms with Gasteiger partial charge in [-0.2, -0.15) is 0 Å². The molecule has 13 heteroatoms. The number of imidazole rings is 1. The molecule has 2 aromatic carbocycles. The number of anilines is 1. The van der Waals surface area contributed by atoms with E-state index in [9.17, 15) is 15.0 Å². The predicted octanol–water partition coefficient (Wildman–Crippen LogP) is 3.83. The van der Waals surface area contributed by atoms with Crippen LogP contribution in [0.1, 0.15) is 77.6 Å². The van der Waals surface area contributed by atoms with Crippen molar-refractivity contribution in [2.24, 2.45) is 0 Å². The molecule has 1 amide bonds. The Labute approximate surface area is 284 Å². The lowest BCUT2D eigenvalue weighted by Gasteiger charge is -2.26. The Morgan fingerprint density at radius 3 is 2.37 bits per heavy atom. The van der Waals surface area contributed by atoms with E-state index >= 15 is 0 Å². The molecule has 4 atom stereocenters. The lowest BCUT2D eigenvalue weighted by Crippen LogP contribution is -2.38. The molecule has 0 radical (unpaired) electrons. The fourth-order valence-electron chi connectivity index (χ4n) is 6.67. The highest BCUT2D eigenvalue weighted by molar-refractivity contribution is 5.94. The van der Waals surface area contributed by atoms with E-state index in [2.05, 4.69) is 59.9 Å². The van der Waals surface area contributed by atoms with Gasteiger partial charge in [0.25, 0.3) is 5.91 Å². The summed E-state index contributed by atoms with van der Waals surface area (Å²) < 4.78 is 13.1. The summed E-state index contributed by atoms with van der Waals surface area (Å²) in [6, 6.07) is 22.1. The summed E-state index contributed by atoms with van der Waals surface area (Å²) in [5, 5.41) is 32.6. The molecule has 13 nitrogen and oxygen atoms in total. The number of carbonyl (C=O) groups excluding carboxylic acids is 1. The zero-order valence-electron chi connectivity index (χ0n) is 27.5. The van der Waals surface area contributed by atoms with Crippen molar-refractivity contribution < 1.29 is 24.3 Å². The summed E-state index contributed by atoms with van der Waals surface area (Å²) in [4.78, 5) is 29.8. The second-order valence-electron chi connectivity index (χ2n) is 12.6. The van der Waals surface area contributed by atoms with Crippen LogP contribution < -0.4 is 10.6 Å². The van der Waals surface area contributed by atoms with Gasteiger partial charge in [-0.15, -0.1) is 0 Å². The molecule has 2 fully saturated rings. The quantitative estimate of drug-likeness (QED) is 0.153. The van der Waals surface area contributed by atoms with Crippen molar-refractivity contribution >= 4 is 22.9 Å². The minimum atomic E-state index is -1.34. The van der Waals surface area contributed by atoms with E-state index in [0.29, 0.717) is 42.3 Å². The molecule has 2 aliphatic heterocycles. The van der Waals surface area contributed by atoms with E-state index in [4.69, 9.17) is 9.26 Å². The highest BCUT2D eigenvalue weighted by atomic mass is 16.6. The average molecular weight is 667 g/mol. The first-order chi connectivity index (χ1) is 24.0. The van der Waals surface area contributed by atoms with Crippen molar-refractivity contribution in [1.29, 1.82) is 0 Å². The maximum Gasteiger partial charge on any atom is 0.289 e. The number of aromatic nitrogens is 5. The summed E-state index contributed by atoms with van der Waals surface area (Å²) in [5.41, 5.74) is 3.62. The number of hydrogen-bond donors (Lipinski definition) is 4. The second-order valence-corrected chi connectivity index (χ2v) is 12.6. The molecule has 0 bridgehead atoms. The predicted molar refractivity (Wildman–Crippen MR) is 182 cm³/mol. The van der Waals surface area contributed by atoms with E-state index in [1.807, 2.05) is 43.3 Å². The van der Waals surface area contributed by atoms with Gasteiger partial charge in [-0.1, -0.05) is 79.2 Å². The summed E-state index contributed by atoms with van der Waals surface area (Å²) >= 11 is 0. The molecule has 0 spiro atoms. The molecule has 5 heterocycles. The van der Waals surface area contributed by atoms with Gasteiger partial charge in [-0.25, -0.2) is 15.0 Å². The van der Waals surface area contributed by atoms with Gasteiger partial charge in [-0.05, 0) is 43.5 Å². The molecule has 2 saturated heterocycles. The van der Waals surface area contributed by atoms with E-state index in [1.165, 1.54) is 30.2 Å². The minimum absolute atomic E-state index is 0.0258. The number of piperidine rings is 1. The van der Waals surface area contributed by atoms with Gasteiger partial charge >= 0.3 is 0 Å². The van der Waals surface area contributed by atoms with Crippen LogP contribution in [0.5, 0.6) is 0 Å². The minimum Gasteiger partial charge on any atom is -0.387 e. The van der Waals surface area contributed by atoms with Gasteiger partial charge in [0.05, 0.1) is 12.0 Å². The first kappa shape index (κ1) is 32.8. The SMILES string of the molecule is CCc1cc(C2OC(n3cnc4c(NCC(c5ccccc5)c5ccccc5)nc(C(=O)NCCN5CCCCC5)nc43)C(O)C2O)on1. The van der Waals surface area contributed by atoms with Crippen LogP contribution in [0.4, 0.5) is 5.82 Å². The van der Waals surface area contributed by atoms with Crippen molar-refractivity contribution in [2.45, 2.75) is 63.1 Å². The van der Waals surface area contributed by atoms with Crippen LogP contribution in [-0.2, 0) is 11.2 Å². The number of fused-ring (bicyclic) bond motifs is 1. The number of aliphatic hydroxyl groups is 2. The first-order valence-electron chi connectivity index (χ1n) is 17.1. The van der Waals surface area contributed by atoms with E-state index in [0.717, 1.165) is 30.8 Å². The third-order valence-electron chi connectivity index (χ3n) is 9.40. The molecule has 3 aromatic heterocycles. The molecule has 7 rings (SSSR count). The number of hydrogen-bond acceptors (Lipinski definition) is 11. The standard InChI is InChI=1S/C36H42N8O5/c1-2-25-20-27(49-42-25)31-29(45)30(46)36(48-31)44-22-39-28-32(38-21-26(23-12-6-3-7-13-23)24-14-8-4-9-15-24)40-33(41-34(28)44)35(47)37-16-19-43-17-10-5-11-18-43/h3-4,6-9,12-15,20,22,26,29-31,36,45-46H,2,5,10-11,16-19,21H2,1H3,(H,37,47)(H,38,40,41). The largest absolute Gasteiger partial charge is 0.387 e. The van der Waals surface area contributed by atoms with E-state index < -0.39 is 30.4 Å². The number of ether oxygens (including phenoxy) is 1. The molecule has 4 N–H and O–H groups in total. The topological polar surface area (TPSA) is 164 Å². The van der Waals surface area contributed by atoms with Crippen molar-refractivity contribution in [2.75, 3.05) is 38.0 Å². The number of benzene rings is 2. The summed E-state index contributed by atoms with van der Waals surface area (Å²) in [7, 11) is 0. The smallest absolute Gasteiger partial charge is 0.289 e. The number of carbonyl (C=O) groups is 1. The Morgan fingerprint density at radius 2 is 1.69 bits per heavy atom. The molecule has 0 saturated carbocycles. The fourth-order valence-corrected chi connectivity index (χ4v) is 6.67. The Morgan fingerprint density at radius 1 is 0.980 bits per heavy atom. The Bertz CT molecular complexity index is 1800. The molecule has 5 aromatic rings. The van der Waals surface area contributed by atoms with Crippen molar-refractivity contribution in [3.63, 3.8) is 0 Å². The average Bonchev–Trinajstić information content (AvgIpc) is 3.87. The number of aliphatic hydroxyl groups excluding tert-OH is 2. The molecule has 2 aliphatic rings. The van der Waals surface area contributed by atoms with Gasteiger partial charge in [-0.3, -0.25) is 9.36 Å². The third kappa shape index (κ3) is 7.06. The summed E-state index contributed by atoms with van der Waals surface area (Å²) in [5.74, 6) is 0.195. The van der Waals surface area contributed by atoms with Crippen LogP contribution >= 0.6 is 0 Å². The Hall–Kier alpha value is -4.69. The second kappa shape index (κ2) is 14.8. The zero-order valence-corrected chi connectivity index (χ0v) is 27.5. The maximum absolute atomic E-state index is 13.6. The summed E-state index contributed by atoms with van der Waals surface area (Å²) in [6.45, 7) is 5.66. The van der Waals surface area contributed by atoms with Gasteiger partial charge in [0, 0.05) is 31.6 Å². The monoisotopic (exact) mass is 666 g/mol. The number of nitrogens with one attached hydrogen (secondary N) is 2. The fraction of sp³-hybridized carbons (Fsp3) is 0.417. The first-order valence-corrected chi connectivity index (χ1v) is 17.1. The maximum atomic E-state index is 13.6. The normalized spacial score (nSPS) is 21.4. The molecular weight excluding hydrogens is 624 g/mol. The third-order valence-corrected chi connectivity index (χ3v) is 9.40. The Kier molecular flexibility index (Phi) is 9.94. The van der Waals surface area contributed by atoms with Gasteiger partial charge in [0.15, 0.2) is 29.0 Å². The number of aryl methyl sites for hydroxylation is 1. The van der Waals surface area contributed by atoms with E-state index in [-0.39, 0.29) is 17.4 Å². The summed E-state index contributed by atoms with van der Waals surface area (Å²) in [6.07, 6.45) is 1.04. The van der Waals surface area contributed by atoms with Gasteiger partial charge in [0.1, 0.15) is 18.3 Å². The van der Waals surface area contributed by atoms with Crippen LogP contribution in [0.25, 0.3) is 11.2 Å². The number of amides is 1. The lowest BCUT2D eigenvalue weighted by molar-refractivity contribution is -0.0434.